The molecule has 0 radical (unpaired) electrons. The van der Waals surface area contributed by atoms with Crippen molar-refractivity contribution in [1.82, 2.24) is 14.9 Å². The molecule has 1 unspecified atom stereocenters. The average Bonchev–Trinajstić information content (AvgIpc) is 2.79. The maximum absolute atomic E-state index is 4.13. The van der Waals surface area contributed by atoms with Crippen LogP contribution >= 0.6 is 11.5 Å². The molecule has 0 aliphatic rings. The molecule has 18 heavy (non-hydrogen) atoms. The molecule has 0 fully saturated rings. The molecule has 1 aromatic rings. The summed E-state index contributed by atoms with van der Waals surface area (Å²) >= 11 is 1.55. The minimum Gasteiger partial charge on any atom is -0.309 e. The molecule has 1 heterocycles. The molecule has 104 valence electrons. The molecule has 1 atom stereocenters. The van der Waals surface area contributed by atoms with E-state index < -0.39 is 0 Å². The predicted octanol–water partition coefficient (Wildman–Crippen LogP) is 4.25. The van der Waals surface area contributed by atoms with Gasteiger partial charge in [0.2, 0.25) is 0 Å². The van der Waals surface area contributed by atoms with Crippen molar-refractivity contribution in [3.8, 4) is 0 Å². The highest BCUT2D eigenvalue weighted by Gasteiger charge is 2.15. The molecule has 0 spiro atoms. The van der Waals surface area contributed by atoms with E-state index in [0.29, 0.717) is 6.04 Å². The van der Waals surface area contributed by atoms with Crippen LogP contribution in [0.3, 0.4) is 0 Å². The minimum atomic E-state index is 0.464. The molecule has 3 nitrogen and oxygen atoms in total. The van der Waals surface area contributed by atoms with Gasteiger partial charge in [-0.05, 0) is 37.8 Å². The molecule has 1 N–H and O–H groups in total. The summed E-state index contributed by atoms with van der Waals surface area (Å²) in [6.07, 6.45) is 9.11. The molecule has 0 aliphatic heterocycles. The molecule has 1 aromatic heterocycles. The Bertz CT molecular complexity index is 312. The summed E-state index contributed by atoms with van der Waals surface area (Å²) in [6.45, 7) is 7.62. The second-order valence-electron chi connectivity index (χ2n) is 4.93. The van der Waals surface area contributed by atoms with Gasteiger partial charge in [-0.15, -0.1) is 5.10 Å². The fourth-order valence-corrected chi connectivity index (χ4v) is 2.91. The van der Waals surface area contributed by atoms with Crippen molar-refractivity contribution in [2.75, 3.05) is 6.54 Å². The van der Waals surface area contributed by atoms with Gasteiger partial charge in [-0.3, -0.25) is 0 Å². The Labute approximate surface area is 116 Å². The fraction of sp³-hybridized carbons (Fsp3) is 0.857. The van der Waals surface area contributed by atoms with Crippen molar-refractivity contribution in [1.29, 1.82) is 0 Å². The van der Waals surface area contributed by atoms with Crippen molar-refractivity contribution >= 4 is 11.5 Å². The molecule has 0 bridgehead atoms. The summed E-state index contributed by atoms with van der Waals surface area (Å²) in [7, 11) is 0. The third-order valence-electron chi connectivity index (χ3n) is 3.24. The van der Waals surface area contributed by atoms with E-state index in [2.05, 4.69) is 35.7 Å². The maximum Gasteiger partial charge on any atom is 0.0772 e. The third-order valence-corrected chi connectivity index (χ3v) is 4.18. The number of hydrogen-bond acceptors (Lipinski definition) is 4. The Morgan fingerprint density at radius 3 is 2.50 bits per heavy atom. The van der Waals surface area contributed by atoms with E-state index in [-0.39, 0.29) is 0 Å². The topological polar surface area (TPSA) is 37.8 Å². The van der Waals surface area contributed by atoms with Crippen molar-refractivity contribution in [3.63, 3.8) is 0 Å². The summed E-state index contributed by atoms with van der Waals surface area (Å²) in [5.74, 6) is 0. The zero-order valence-electron chi connectivity index (χ0n) is 12.0. The highest BCUT2D eigenvalue weighted by Crippen LogP contribution is 2.25. The van der Waals surface area contributed by atoms with Gasteiger partial charge in [0.1, 0.15) is 0 Å². The number of rotatable bonds is 10. The van der Waals surface area contributed by atoms with Crippen LogP contribution < -0.4 is 5.32 Å². The second-order valence-corrected chi connectivity index (χ2v) is 5.72. The minimum absolute atomic E-state index is 0.464. The number of nitrogens with zero attached hydrogens (tertiary/aromatic N) is 2. The van der Waals surface area contributed by atoms with Crippen LogP contribution in [0.4, 0.5) is 0 Å². The number of unbranched alkanes of at least 4 members (excludes halogenated alkanes) is 4. The third kappa shape index (κ3) is 5.44. The van der Waals surface area contributed by atoms with Crippen molar-refractivity contribution in [2.24, 2.45) is 0 Å². The fourth-order valence-electron chi connectivity index (χ4n) is 2.15. The Hall–Kier alpha value is -0.480. The lowest BCUT2D eigenvalue weighted by molar-refractivity contribution is 0.471. The van der Waals surface area contributed by atoms with Gasteiger partial charge in [-0.1, -0.05) is 50.4 Å². The molecule has 0 saturated carbocycles. The number of aryl methyl sites for hydroxylation is 1. The van der Waals surface area contributed by atoms with E-state index in [1.165, 1.54) is 49.8 Å². The largest absolute Gasteiger partial charge is 0.309 e. The van der Waals surface area contributed by atoms with Crippen LogP contribution in [0, 0.1) is 6.92 Å². The first-order valence-corrected chi connectivity index (χ1v) is 8.09. The van der Waals surface area contributed by atoms with Gasteiger partial charge in [-0.25, -0.2) is 0 Å². The summed E-state index contributed by atoms with van der Waals surface area (Å²) in [4.78, 5) is 1.33. The molecule has 1 rings (SSSR count). The molecular formula is C14H27N3S. The standard InChI is InChI=1S/C14H27N3S/c1-4-6-7-8-9-10-13(15-11-5-2)14-12(3)16-17-18-14/h13,15H,4-11H2,1-3H3. The lowest BCUT2D eigenvalue weighted by Crippen LogP contribution is -2.22. The first-order chi connectivity index (χ1) is 8.79. The van der Waals surface area contributed by atoms with E-state index in [4.69, 9.17) is 0 Å². The van der Waals surface area contributed by atoms with Crippen molar-refractivity contribution in [3.05, 3.63) is 10.6 Å². The van der Waals surface area contributed by atoms with Gasteiger partial charge in [0.15, 0.2) is 0 Å². The molecule has 0 saturated heterocycles. The first kappa shape index (κ1) is 15.6. The Morgan fingerprint density at radius 1 is 1.11 bits per heavy atom. The summed E-state index contributed by atoms with van der Waals surface area (Å²) < 4.78 is 4.06. The molecule has 4 heteroatoms. The zero-order chi connectivity index (χ0) is 13.2. The Balaban J connectivity index is 2.39. The maximum atomic E-state index is 4.13. The van der Waals surface area contributed by atoms with Crippen LogP contribution in [0.15, 0.2) is 0 Å². The lowest BCUT2D eigenvalue weighted by Gasteiger charge is -2.17. The summed E-state index contributed by atoms with van der Waals surface area (Å²) in [6, 6.07) is 0.464. The van der Waals surface area contributed by atoms with E-state index in [9.17, 15) is 0 Å². The average molecular weight is 269 g/mol. The van der Waals surface area contributed by atoms with Gasteiger partial charge < -0.3 is 5.32 Å². The van der Waals surface area contributed by atoms with Gasteiger partial charge in [0.25, 0.3) is 0 Å². The second kappa shape index (κ2) is 9.45. The van der Waals surface area contributed by atoms with Crippen LogP contribution in [0.25, 0.3) is 0 Å². The van der Waals surface area contributed by atoms with Gasteiger partial charge in [-0.2, -0.15) is 0 Å². The van der Waals surface area contributed by atoms with E-state index in [1.54, 1.807) is 11.5 Å². The van der Waals surface area contributed by atoms with Crippen LogP contribution in [0.5, 0.6) is 0 Å². The van der Waals surface area contributed by atoms with Crippen molar-refractivity contribution in [2.45, 2.75) is 71.8 Å². The van der Waals surface area contributed by atoms with E-state index in [0.717, 1.165) is 12.2 Å². The number of hydrogen-bond donors (Lipinski definition) is 1. The normalized spacial score (nSPS) is 12.8. The van der Waals surface area contributed by atoms with Gasteiger partial charge >= 0.3 is 0 Å². The molecule has 0 aromatic carbocycles. The van der Waals surface area contributed by atoms with Gasteiger partial charge in [0.05, 0.1) is 10.6 Å². The highest BCUT2D eigenvalue weighted by atomic mass is 32.1. The highest BCUT2D eigenvalue weighted by molar-refractivity contribution is 7.05. The first-order valence-electron chi connectivity index (χ1n) is 7.31. The van der Waals surface area contributed by atoms with Crippen LogP contribution in [0.2, 0.25) is 0 Å². The Kier molecular flexibility index (Phi) is 8.18. The number of nitrogens with one attached hydrogen (secondary N) is 1. The molecule has 0 amide bonds. The summed E-state index contributed by atoms with van der Waals surface area (Å²) in [5.41, 5.74) is 1.10. The molecule has 0 aliphatic carbocycles. The van der Waals surface area contributed by atoms with Crippen molar-refractivity contribution < 1.29 is 0 Å². The SMILES string of the molecule is CCCCCCCC(NCCC)c1snnc1C. The zero-order valence-corrected chi connectivity index (χ0v) is 12.9. The summed E-state index contributed by atoms with van der Waals surface area (Å²) in [5, 5.41) is 7.77. The lowest BCUT2D eigenvalue weighted by atomic mass is 10.0. The Morgan fingerprint density at radius 2 is 1.89 bits per heavy atom. The monoisotopic (exact) mass is 269 g/mol. The smallest absolute Gasteiger partial charge is 0.0772 e. The van der Waals surface area contributed by atoms with Gasteiger partial charge in [0, 0.05) is 6.04 Å². The van der Waals surface area contributed by atoms with Crippen LogP contribution in [-0.2, 0) is 0 Å². The molecular weight excluding hydrogens is 242 g/mol. The predicted molar refractivity (Wildman–Crippen MR) is 79.1 cm³/mol. The quantitative estimate of drug-likeness (QED) is 0.645. The van der Waals surface area contributed by atoms with E-state index >= 15 is 0 Å². The van der Waals surface area contributed by atoms with E-state index in [1.807, 2.05) is 0 Å². The van der Waals surface area contributed by atoms with Crippen LogP contribution in [-0.4, -0.2) is 16.1 Å². The van der Waals surface area contributed by atoms with Crippen LogP contribution in [0.1, 0.15) is 75.4 Å². The number of aromatic nitrogens is 2.